The van der Waals surface area contributed by atoms with Gasteiger partial charge in [0.1, 0.15) is 9.65 Å². The van der Waals surface area contributed by atoms with E-state index in [1.54, 1.807) is 0 Å². The molecule has 4 nitrogen and oxygen atoms in total. The van der Waals surface area contributed by atoms with E-state index in [9.17, 15) is 9.59 Å². The first-order valence-electron chi connectivity index (χ1n) is 3.32. The standard InChI is InChI=1S/C6H7Br3O4/c7-3(5(10)11)1-2-4(8)6(12)13-9/h3-4H,1-2H2,(H,10,11)/t3-,4+/m0/s1. The minimum absolute atomic E-state index is 0.355. The van der Waals surface area contributed by atoms with Gasteiger partial charge in [0.2, 0.25) is 0 Å². The minimum Gasteiger partial charge on any atom is -0.480 e. The van der Waals surface area contributed by atoms with Crippen LogP contribution in [0.2, 0.25) is 0 Å². The lowest BCUT2D eigenvalue weighted by atomic mass is 10.2. The van der Waals surface area contributed by atoms with E-state index in [0.717, 1.165) is 0 Å². The molecule has 1 N–H and O–H groups in total. The first-order valence-corrected chi connectivity index (χ1v) is 5.80. The normalized spacial score (nSPS) is 14.7. The van der Waals surface area contributed by atoms with Gasteiger partial charge in [0.25, 0.3) is 0 Å². The van der Waals surface area contributed by atoms with Gasteiger partial charge in [-0.1, -0.05) is 31.9 Å². The maximum atomic E-state index is 10.8. The zero-order chi connectivity index (χ0) is 10.4. The number of alkyl halides is 2. The SMILES string of the molecule is O=C(OBr)[C@H](Br)CC[C@H](Br)C(=O)O. The molecule has 0 fully saturated rings. The Kier molecular flexibility index (Phi) is 6.98. The van der Waals surface area contributed by atoms with Gasteiger partial charge in [-0.15, -0.1) is 0 Å². The molecule has 0 saturated heterocycles. The molecule has 13 heavy (non-hydrogen) atoms. The second-order valence-corrected chi connectivity index (χ2v) is 4.78. The summed E-state index contributed by atoms with van der Waals surface area (Å²) in [4.78, 5) is 20.1. The summed E-state index contributed by atoms with van der Waals surface area (Å²) < 4.78 is 4.27. The summed E-state index contributed by atoms with van der Waals surface area (Å²) in [5, 5.41) is 8.50. The molecule has 0 aromatic heterocycles. The molecule has 0 aromatic rings. The summed E-state index contributed by atoms with van der Waals surface area (Å²) in [7, 11) is 0. The number of carbonyl (C=O) groups is 2. The fraction of sp³-hybridized carbons (Fsp3) is 0.667. The topological polar surface area (TPSA) is 63.6 Å². The summed E-state index contributed by atoms with van der Waals surface area (Å²) in [6.07, 6.45) is 0.750. The third kappa shape index (κ3) is 5.64. The highest BCUT2D eigenvalue weighted by atomic mass is 79.9. The Bertz CT molecular complexity index is 196. The van der Waals surface area contributed by atoms with Gasteiger partial charge in [-0.2, -0.15) is 0 Å². The Balaban J connectivity index is 3.76. The third-order valence-electron chi connectivity index (χ3n) is 1.27. The van der Waals surface area contributed by atoms with Gasteiger partial charge < -0.3 is 8.93 Å². The molecule has 0 unspecified atom stereocenters. The van der Waals surface area contributed by atoms with Crippen molar-refractivity contribution in [3.8, 4) is 0 Å². The molecule has 0 aliphatic heterocycles. The van der Waals surface area contributed by atoms with Crippen molar-refractivity contribution >= 4 is 60.1 Å². The average Bonchev–Trinajstić information content (AvgIpc) is 2.11. The van der Waals surface area contributed by atoms with E-state index in [0.29, 0.717) is 12.8 Å². The van der Waals surface area contributed by atoms with Crippen LogP contribution in [0.15, 0.2) is 0 Å². The molecule has 76 valence electrons. The van der Waals surface area contributed by atoms with Crippen LogP contribution in [0.1, 0.15) is 12.8 Å². The van der Waals surface area contributed by atoms with Crippen LogP contribution in [0.25, 0.3) is 0 Å². The Morgan fingerprint density at radius 1 is 1.23 bits per heavy atom. The van der Waals surface area contributed by atoms with E-state index in [1.165, 1.54) is 0 Å². The molecule has 0 radical (unpaired) electrons. The molecule has 0 aromatic carbocycles. The minimum atomic E-state index is -0.938. The van der Waals surface area contributed by atoms with E-state index in [4.69, 9.17) is 5.11 Å². The molecule has 7 heteroatoms. The fourth-order valence-corrected chi connectivity index (χ4v) is 1.68. The second kappa shape index (κ2) is 6.78. The molecule has 2 atom stereocenters. The monoisotopic (exact) mass is 380 g/mol. The molecule has 0 rings (SSSR count). The Morgan fingerprint density at radius 2 is 1.69 bits per heavy atom. The summed E-state index contributed by atoms with van der Waals surface area (Å²) in [6.45, 7) is 0. The maximum absolute atomic E-state index is 10.8. The zero-order valence-corrected chi connectivity index (χ0v) is 11.1. The van der Waals surface area contributed by atoms with E-state index in [2.05, 4.69) is 51.9 Å². The number of carboxylic acids is 1. The van der Waals surface area contributed by atoms with Crippen LogP contribution in [0, 0.1) is 0 Å². The zero-order valence-electron chi connectivity index (χ0n) is 6.37. The molecule has 0 bridgehead atoms. The highest BCUT2D eigenvalue weighted by molar-refractivity contribution is 9.10. The second-order valence-electron chi connectivity index (χ2n) is 2.25. The number of aliphatic carboxylic acids is 1. The van der Waals surface area contributed by atoms with Crippen molar-refractivity contribution in [1.82, 2.24) is 0 Å². The van der Waals surface area contributed by atoms with Gasteiger partial charge >= 0.3 is 11.9 Å². The van der Waals surface area contributed by atoms with Gasteiger partial charge in [-0.3, -0.25) is 4.79 Å². The molecule has 0 saturated carbocycles. The van der Waals surface area contributed by atoms with E-state index >= 15 is 0 Å². The highest BCUT2D eigenvalue weighted by Gasteiger charge is 2.20. The van der Waals surface area contributed by atoms with E-state index in [1.807, 2.05) is 0 Å². The van der Waals surface area contributed by atoms with E-state index in [-0.39, 0.29) is 0 Å². The maximum Gasteiger partial charge on any atom is 0.331 e. The number of carboxylic acid groups (broad SMARTS) is 1. The van der Waals surface area contributed by atoms with Crippen LogP contribution in [-0.4, -0.2) is 26.7 Å². The number of halogens is 3. The molecule has 0 amide bonds. The van der Waals surface area contributed by atoms with Crippen LogP contribution >= 0.6 is 48.1 Å². The summed E-state index contributed by atoms with van der Waals surface area (Å²) in [5.74, 6) is -1.41. The first-order chi connectivity index (χ1) is 5.99. The lowest BCUT2D eigenvalue weighted by molar-refractivity contribution is -0.137. The van der Waals surface area contributed by atoms with Crippen molar-refractivity contribution in [3.63, 3.8) is 0 Å². The predicted octanol–water partition coefficient (Wildman–Crippen LogP) is 2.23. The Labute approximate surface area is 101 Å². The van der Waals surface area contributed by atoms with Crippen LogP contribution in [0.3, 0.4) is 0 Å². The molecular formula is C6H7Br3O4. The number of carbonyl (C=O) groups excluding carboxylic acids is 1. The van der Waals surface area contributed by atoms with Crippen molar-refractivity contribution in [1.29, 1.82) is 0 Å². The molecular weight excluding hydrogens is 376 g/mol. The Hall–Kier alpha value is 0.380. The van der Waals surface area contributed by atoms with Gasteiger partial charge in [0.15, 0.2) is 16.3 Å². The van der Waals surface area contributed by atoms with Gasteiger partial charge in [0, 0.05) is 0 Å². The highest BCUT2D eigenvalue weighted by Crippen LogP contribution is 2.16. The van der Waals surface area contributed by atoms with Crippen LogP contribution in [0.4, 0.5) is 0 Å². The molecule has 0 aliphatic rings. The summed E-state index contributed by atoms with van der Waals surface area (Å²) >= 11 is 8.56. The van der Waals surface area contributed by atoms with Crippen molar-refractivity contribution in [2.45, 2.75) is 22.5 Å². The average molecular weight is 383 g/mol. The van der Waals surface area contributed by atoms with Crippen molar-refractivity contribution in [3.05, 3.63) is 0 Å². The van der Waals surface area contributed by atoms with Crippen LogP contribution < -0.4 is 0 Å². The number of hydrogen-bond donors (Lipinski definition) is 1. The van der Waals surface area contributed by atoms with Crippen LogP contribution in [-0.2, 0) is 13.4 Å². The number of rotatable bonds is 5. The lowest BCUT2D eigenvalue weighted by Gasteiger charge is -2.07. The van der Waals surface area contributed by atoms with Gasteiger partial charge in [-0.05, 0) is 12.8 Å². The fourth-order valence-electron chi connectivity index (χ4n) is 0.582. The predicted molar refractivity (Wildman–Crippen MR) is 57.3 cm³/mol. The number of hydrogen-bond acceptors (Lipinski definition) is 3. The largest absolute Gasteiger partial charge is 0.480 e. The summed E-state index contributed by atoms with van der Waals surface area (Å²) in [5.41, 5.74) is 0. The molecule has 0 heterocycles. The smallest absolute Gasteiger partial charge is 0.331 e. The van der Waals surface area contributed by atoms with Gasteiger partial charge in [0.05, 0.1) is 0 Å². The van der Waals surface area contributed by atoms with Crippen molar-refractivity contribution in [2.24, 2.45) is 0 Å². The third-order valence-corrected chi connectivity index (χ3v) is 3.27. The summed E-state index contributed by atoms with van der Waals surface area (Å²) in [6, 6.07) is 0. The van der Waals surface area contributed by atoms with Crippen LogP contribution in [0.5, 0.6) is 0 Å². The van der Waals surface area contributed by atoms with E-state index < -0.39 is 21.6 Å². The van der Waals surface area contributed by atoms with Gasteiger partial charge in [-0.25, -0.2) is 4.79 Å². The first kappa shape index (κ1) is 13.4. The molecule has 0 spiro atoms. The quantitative estimate of drug-likeness (QED) is 0.741. The molecule has 0 aliphatic carbocycles. The van der Waals surface area contributed by atoms with Crippen molar-refractivity contribution in [2.75, 3.05) is 0 Å². The van der Waals surface area contributed by atoms with Crippen molar-refractivity contribution < 1.29 is 18.5 Å². The lowest BCUT2D eigenvalue weighted by Crippen LogP contribution is -2.18. The Morgan fingerprint density at radius 3 is 2.08 bits per heavy atom.